The SMILES string of the molecule is O=c1[nH]nnn1-c1cccc(C(F)(F)F)c1CBr. The van der Waals surface area contributed by atoms with E-state index in [1.54, 1.807) is 0 Å². The van der Waals surface area contributed by atoms with Crippen LogP contribution < -0.4 is 5.69 Å². The lowest BCUT2D eigenvalue weighted by molar-refractivity contribution is -0.138. The number of aromatic nitrogens is 4. The fraction of sp³-hybridized carbons (Fsp3) is 0.222. The molecule has 0 atom stereocenters. The van der Waals surface area contributed by atoms with E-state index in [2.05, 4.69) is 26.4 Å². The average Bonchev–Trinajstić information content (AvgIpc) is 2.73. The van der Waals surface area contributed by atoms with Crippen LogP contribution in [0.3, 0.4) is 0 Å². The van der Waals surface area contributed by atoms with Crippen LogP contribution in [0.2, 0.25) is 0 Å². The highest BCUT2D eigenvalue weighted by atomic mass is 79.9. The van der Waals surface area contributed by atoms with Gasteiger partial charge in [0, 0.05) is 10.9 Å². The highest BCUT2D eigenvalue weighted by Gasteiger charge is 2.34. The van der Waals surface area contributed by atoms with Crippen LogP contribution in [0.1, 0.15) is 11.1 Å². The van der Waals surface area contributed by atoms with E-state index in [-0.39, 0.29) is 16.6 Å². The molecular formula is C9H6BrF3N4O. The van der Waals surface area contributed by atoms with E-state index in [0.29, 0.717) is 0 Å². The zero-order chi connectivity index (χ0) is 13.3. The number of nitrogens with zero attached hydrogens (tertiary/aromatic N) is 3. The summed E-state index contributed by atoms with van der Waals surface area (Å²) in [4.78, 5) is 11.3. The molecule has 1 aromatic heterocycles. The molecule has 0 radical (unpaired) electrons. The molecular weight excluding hydrogens is 317 g/mol. The molecule has 2 aromatic rings. The first-order valence-electron chi connectivity index (χ1n) is 4.71. The van der Waals surface area contributed by atoms with Crippen LogP contribution in [-0.2, 0) is 11.5 Å². The van der Waals surface area contributed by atoms with Crippen molar-refractivity contribution in [2.24, 2.45) is 0 Å². The average molecular weight is 323 g/mol. The second kappa shape index (κ2) is 4.56. The van der Waals surface area contributed by atoms with Gasteiger partial charge in [-0.05, 0) is 22.6 Å². The maximum atomic E-state index is 12.8. The minimum atomic E-state index is -4.49. The molecule has 1 aromatic carbocycles. The summed E-state index contributed by atoms with van der Waals surface area (Å²) in [6.45, 7) is 0. The number of tetrazole rings is 1. The summed E-state index contributed by atoms with van der Waals surface area (Å²) in [6, 6.07) is 3.53. The lowest BCUT2D eigenvalue weighted by Crippen LogP contribution is -2.19. The van der Waals surface area contributed by atoms with Crippen molar-refractivity contribution in [1.29, 1.82) is 0 Å². The lowest BCUT2D eigenvalue weighted by atomic mass is 10.1. The van der Waals surface area contributed by atoms with Crippen LogP contribution in [0.25, 0.3) is 5.69 Å². The topological polar surface area (TPSA) is 63.6 Å². The number of benzene rings is 1. The van der Waals surface area contributed by atoms with Crippen molar-refractivity contribution in [3.8, 4) is 5.69 Å². The summed E-state index contributed by atoms with van der Waals surface area (Å²) in [5, 5.41) is 8.64. The number of hydrogen-bond acceptors (Lipinski definition) is 3. The summed E-state index contributed by atoms with van der Waals surface area (Å²) >= 11 is 2.99. The molecule has 0 fully saturated rings. The highest BCUT2D eigenvalue weighted by molar-refractivity contribution is 9.08. The van der Waals surface area contributed by atoms with Gasteiger partial charge in [0.2, 0.25) is 0 Å². The zero-order valence-corrected chi connectivity index (χ0v) is 10.3. The molecule has 9 heteroatoms. The first-order valence-corrected chi connectivity index (χ1v) is 5.83. The second-order valence-corrected chi connectivity index (χ2v) is 3.91. The number of alkyl halides is 4. The van der Waals surface area contributed by atoms with Crippen LogP contribution in [0.15, 0.2) is 23.0 Å². The van der Waals surface area contributed by atoms with Crippen molar-refractivity contribution < 1.29 is 13.2 Å². The Bertz CT molecular complexity index is 619. The van der Waals surface area contributed by atoms with Gasteiger partial charge in [-0.25, -0.2) is 9.89 Å². The quantitative estimate of drug-likeness (QED) is 0.858. The predicted molar refractivity (Wildman–Crippen MR) is 59.6 cm³/mol. The van der Waals surface area contributed by atoms with Gasteiger partial charge in [0.1, 0.15) is 0 Å². The van der Waals surface area contributed by atoms with Crippen LogP contribution in [0.4, 0.5) is 13.2 Å². The van der Waals surface area contributed by atoms with Crippen molar-refractivity contribution in [2.75, 3.05) is 0 Å². The van der Waals surface area contributed by atoms with Crippen molar-refractivity contribution in [3.63, 3.8) is 0 Å². The van der Waals surface area contributed by atoms with Gasteiger partial charge in [0.25, 0.3) is 0 Å². The fourth-order valence-corrected chi connectivity index (χ4v) is 2.12. The van der Waals surface area contributed by atoms with Gasteiger partial charge in [-0.15, -0.1) is 0 Å². The van der Waals surface area contributed by atoms with Gasteiger partial charge in [0.05, 0.1) is 11.3 Å². The molecule has 1 heterocycles. The minimum Gasteiger partial charge on any atom is -0.244 e. The lowest BCUT2D eigenvalue weighted by Gasteiger charge is -2.14. The Balaban J connectivity index is 2.70. The number of H-pyrrole nitrogens is 1. The second-order valence-electron chi connectivity index (χ2n) is 3.35. The van der Waals surface area contributed by atoms with Crippen LogP contribution in [-0.4, -0.2) is 20.2 Å². The van der Waals surface area contributed by atoms with Crippen molar-refractivity contribution in [1.82, 2.24) is 20.2 Å². The molecule has 0 bridgehead atoms. The first kappa shape index (κ1) is 12.8. The van der Waals surface area contributed by atoms with E-state index in [1.165, 1.54) is 12.1 Å². The van der Waals surface area contributed by atoms with Crippen LogP contribution >= 0.6 is 15.9 Å². The molecule has 0 aliphatic heterocycles. The van der Waals surface area contributed by atoms with Gasteiger partial charge >= 0.3 is 11.9 Å². The number of aromatic amines is 1. The maximum absolute atomic E-state index is 12.8. The number of halogens is 4. The monoisotopic (exact) mass is 322 g/mol. The van der Waals surface area contributed by atoms with E-state index in [1.807, 2.05) is 5.10 Å². The molecule has 1 N–H and O–H groups in total. The third-order valence-corrected chi connectivity index (χ3v) is 2.85. The molecule has 0 unspecified atom stereocenters. The molecule has 0 saturated carbocycles. The first-order chi connectivity index (χ1) is 8.45. The number of nitrogens with one attached hydrogen (secondary N) is 1. The van der Waals surface area contributed by atoms with Crippen LogP contribution in [0, 0.1) is 0 Å². The van der Waals surface area contributed by atoms with Gasteiger partial charge < -0.3 is 0 Å². The third kappa shape index (κ3) is 2.17. The molecule has 0 spiro atoms. The Labute approximate surface area is 107 Å². The summed E-state index contributed by atoms with van der Waals surface area (Å²) in [5.74, 6) is 0. The fourth-order valence-electron chi connectivity index (χ4n) is 1.53. The van der Waals surface area contributed by atoms with E-state index >= 15 is 0 Å². The van der Waals surface area contributed by atoms with Gasteiger partial charge in [-0.1, -0.05) is 22.0 Å². The summed E-state index contributed by atoms with van der Waals surface area (Å²) < 4.78 is 39.2. The standard InChI is InChI=1S/C9H6BrF3N4O/c10-4-5-6(9(11,12)13)2-1-3-7(5)17-8(18)14-15-16-17/h1-3H,4H2,(H,14,16,18). The van der Waals surface area contributed by atoms with Crippen LogP contribution in [0.5, 0.6) is 0 Å². The van der Waals surface area contributed by atoms with Crippen molar-refractivity contribution >= 4 is 15.9 Å². The summed E-state index contributed by atoms with van der Waals surface area (Å²) in [5.41, 5.74) is -1.54. The van der Waals surface area contributed by atoms with Gasteiger partial charge in [0.15, 0.2) is 0 Å². The number of hydrogen-bond donors (Lipinski definition) is 1. The Morgan fingerprint density at radius 1 is 1.39 bits per heavy atom. The minimum absolute atomic E-state index is 0.0421. The third-order valence-electron chi connectivity index (χ3n) is 2.29. The molecule has 0 aliphatic carbocycles. The smallest absolute Gasteiger partial charge is 0.244 e. The van der Waals surface area contributed by atoms with E-state index in [4.69, 9.17) is 0 Å². The largest absolute Gasteiger partial charge is 0.416 e. The molecule has 2 rings (SSSR count). The Kier molecular flexibility index (Phi) is 3.24. The molecule has 18 heavy (non-hydrogen) atoms. The van der Waals surface area contributed by atoms with E-state index in [9.17, 15) is 18.0 Å². The van der Waals surface area contributed by atoms with Gasteiger partial charge in [-0.2, -0.15) is 17.9 Å². The summed E-state index contributed by atoms with van der Waals surface area (Å²) in [6.07, 6.45) is -4.49. The summed E-state index contributed by atoms with van der Waals surface area (Å²) in [7, 11) is 0. The molecule has 96 valence electrons. The molecule has 0 amide bonds. The Morgan fingerprint density at radius 2 is 2.11 bits per heavy atom. The number of rotatable bonds is 2. The molecule has 0 saturated heterocycles. The Morgan fingerprint density at radius 3 is 2.61 bits per heavy atom. The molecule has 0 aliphatic rings. The zero-order valence-electron chi connectivity index (χ0n) is 8.70. The van der Waals surface area contributed by atoms with E-state index in [0.717, 1.165) is 10.7 Å². The normalized spacial score (nSPS) is 11.8. The Hall–Kier alpha value is -1.64. The maximum Gasteiger partial charge on any atom is 0.416 e. The molecule has 5 nitrogen and oxygen atoms in total. The van der Waals surface area contributed by atoms with Crippen molar-refractivity contribution in [3.05, 3.63) is 39.8 Å². The van der Waals surface area contributed by atoms with E-state index < -0.39 is 17.4 Å². The van der Waals surface area contributed by atoms with Crippen molar-refractivity contribution in [2.45, 2.75) is 11.5 Å². The highest BCUT2D eigenvalue weighted by Crippen LogP contribution is 2.35. The van der Waals surface area contributed by atoms with Gasteiger partial charge in [-0.3, -0.25) is 0 Å². The predicted octanol–water partition coefficient (Wildman–Crippen LogP) is 1.87.